The number of morpholine rings is 1. The molecule has 1 aliphatic heterocycles. The van der Waals surface area contributed by atoms with Crippen LogP contribution in [0.1, 0.15) is 25.6 Å². The first-order valence-electron chi connectivity index (χ1n) is 7.23. The molecule has 0 bridgehead atoms. The molecule has 1 aromatic carbocycles. The summed E-state index contributed by atoms with van der Waals surface area (Å²) in [7, 11) is 0. The Bertz CT molecular complexity index is 548. The van der Waals surface area contributed by atoms with E-state index in [-0.39, 0.29) is 12.1 Å². The Kier molecular flexibility index (Phi) is 3.78. The predicted octanol–water partition coefficient (Wildman–Crippen LogP) is 2.54. The molecule has 2 heterocycles. The lowest BCUT2D eigenvalue weighted by atomic mass is 10.1. The Labute approximate surface area is 119 Å². The summed E-state index contributed by atoms with van der Waals surface area (Å²) in [5, 5.41) is 1.11. The van der Waals surface area contributed by atoms with Crippen molar-refractivity contribution in [2.75, 3.05) is 19.7 Å². The van der Waals surface area contributed by atoms with Gasteiger partial charge in [0.2, 0.25) is 0 Å². The largest absolute Gasteiger partial charge is 0.459 e. The lowest BCUT2D eigenvalue weighted by Crippen LogP contribution is -2.49. The summed E-state index contributed by atoms with van der Waals surface area (Å²) >= 11 is 0. The number of fused-ring (bicyclic) bond motifs is 1. The molecule has 0 radical (unpaired) electrons. The molecule has 3 unspecified atom stereocenters. The SMILES string of the molecule is CC1CN(CC(N)c2cc3ccccc3o2)C(C)CO1. The van der Waals surface area contributed by atoms with Crippen molar-refractivity contribution in [2.45, 2.75) is 32.0 Å². The van der Waals surface area contributed by atoms with Crippen LogP contribution in [0.2, 0.25) is 0 Å². The van der Waals surface area contributed by atoms with Crippen molar-refractivity contribution < 1.29 is 9.15 Å². The fraction of sp³-hybridized carbons (Fsp3) is 0.500. The quantitative estimate of drug-likeness (QED) is 0.934. The molecule has 0 saturated carbocycles. The van der Waals surface area contributed by atoms with Gasteiger partial charge in [-0.1, -0.05) is 18.2 Å². The van der Waals surface area contributed by atoms with Crippen LogP contribution in [0.25, 0.3) is 11.0 Å². The Morgan fingerprint density at radius 1 is 1.35 bits per heavy atom. The summed E-state index contributed by atoms with van der Waals surface area (Å²) in [6, 6.07) is 10.4. The van der Waals surface area contributed by atoms with E-state index in [9.17, 15) is 0 Å². The van der Waals surface area contributed by atoms with Gasteiger partial charge in [-0.05, 0) is 26.0 Å². The van der Waals surface area contributed by atoms with E-state index in [0.29, 0.717) is 6.04 Å². The number of para-hydroxylation sites is 1. The third kappa shape index (κ3) is 2.73. The molecule has 108 valence electrons. The van der Waals surface area contributed by atoms with Crippen LogP contribution < -0.4 is 5.73 Å². The second-order valence-electron chi connectivity index (χ2n) is 5.74. The van der Waals surface area contributed by atoms with E-state index in [2.05, 4.69) is 30.9 Å². The Balaban J connectivity index is 1.73. The molecule has 3 rings (SSSR count). The summed E-state index contributed by atoms with van der Waals surface area (Å²) in [5.41, 5.74) is 7.23. The molecule has 2 aromatic rings. The van der Waals surface area contributed by atoms with Gasteiger partial charge in [0.1, 0.15) is 11.3 Å². The number of nitrogens with two attached hydrogens (primary N) is 1. The molecule has 1 fully saturated rings. The van der Waals surface area contributed by atoms with Crippen LogP contribution in [0.15, 0.2) is 34.7 Å². The minimum Gasteiger partial charge on any atom is -0.459 e. The zero-order valence-electron chi connectivity index (χ0n) is 12.1. The van der Waals surface area contributed by atoms with Crippen molar-refractivity contribution in [1.29, 1.82) is 0 Å². The van der Waals surface area contributed by atoms with E-state index >= 15 is 0 Å². The molecule has 1 aromatic heterocycles. The molecular formula is C16H22N2O2. The van der Waals surface area contributed by atoms with Crippen LogP contribution >= 0.6 is 0 Å². The lowest BCUT2D eigenvalue weighted by molar-refractivity contribution is -0.0515. The molecule has 4 nitrogen and oxygen atoms in total. The van der Waals surface area contributed by atoms with Gasteiger partial charge < -0.3 is 14.9 Å². The van der Waals surface area contributed by atoms with Gasteiger partial charge in [0.25, 0.3) is 0 Å². The maximum atomic E-state index is 6.32. The molecule has 1 aliphatic rings. The van der Waals surface area contributed by atoms with E-state index in [1.807, 2.05) is 18.2 Å². The monoisotopic (exact) mass is 274 g/mol. The van der Waals surface area contributed by atoms with Gasteiger partial charge >= 0.3 is 0 Å². The van der Waals surface area contributed by atoms with E-state index in [0.717, 1.165) is 36.4 Å². The molecule has 20 heavy (non-hydrogen) atoms. The second kappa shape index (κ2) is 5.56. The molecule has 0 spiro atoms. The zero-order chi connectivity index (χ0) is 14.1. The standard InChI is InChI=1S/C16H22N2O2/c1-11-10-19-12(2)8-18(11)9-14(17)16-7-13-5-3-4-6-15(13)20-16/h3-7,11-12,14H,8-10,17H2,1-2H3. The van der Waals surface area contributed by atoms with Gasteiger partial charge in [-0.15, -0.1) is 0 Å². The molecular weight excluding hydrogens is 252 g/mol. The van der Waals surface area contributed by atoms with Gasteiger partial charge in [-0.3, -0.25) is 4.90 Å². The zero-order valence-corrected chi connectivity index (χ0v) is 12.1. The molecule has 2 N–H and O–H groups in total. The summed E-state index contributed by atoms with van der Waals surface area (Å²) in [6.07, 6.45) is 0.272. The van der Waals surface area contributed by atoms with E-state index in [4.69, 9.17) is 14.9 Å². The molecule has 1 saturated heterocycles. The maximum absolute atomic E-state index is 6.32. The van der Waals surface area contributed by atoms with Crippen LogP contribution in [0.4, 0.5) is 0 Å². The number of benzene rings is 1. The fourth-order valence-corrected chi connectivity index (χ4v) is 2.75. The number of hydrogen-bond acceptors (Lipinski definition) is 4. The second-order valence-corrected chi connectivity index (χ2v) is 5.74. The van der Waals surface area contributed by atoms with Crippen LogP contribution in [-0.4, -0.2) is 36.7 Å². The lowest BCUT2D eigenvalue weighted by Gasteiger charge is -2.37. The Morgan fingerprint density at radius 2 is 2.15 bits per heavy atom. The van der Waals surface area contributed by atoms with Crippen LogP contribution in [0.3, 0.4) is 0 Å². The summed E-state index contributed by atoms with van der Waals surface area (Å²) in [5.74, 6) is 0.859. The highest BCUT2D eigenvalue weighted by molar-refractivity contribution is 5.77. The summed E-state index contributed by atoms with van der Waals surface area (Å²) in [6.45, 7) is 6.78. The highest BCUT2D eigenvalue weighted by Crippen LogP contribution is 2.24. The van der Waals surface area contributed by atoms with Crippen LogP contribution in [0, 0.1) is 0 Å². The first kappa shape index (κ1) is 13.6. The first-order chi connectivity index (χ1) is 9.63. The van der Waals surface area contributed by atoms with E-state index in [1.54, 1.807) is 0 Å². The Hall–Kier alpha value is -1.36. The topological polar surface area (TPSA) is 51.6 Å². The maximum Gasteiger partial charge on any atom is 0.134 e. The normalized spacial score (nSPS) is 25.9. The molecule has 3 atom stereocenters. The average molecular weight is 274 g/mol. The number of rotatable bonds is 3. The van der Waals surface area contributed by atoms with Gasteiger partial charge in [0, 0.05) is 24.5 Å². The third-order valence-corrected chi connectivity index (χ3v) is 3.98. The smallest absolute Gasteiger partial charge is 0.134 e. The molecule has 4 heteroatoms. The van der Waals surface area contributed by atoms with Gasteiger partial charge in [0.05, 0.1) is 18.8 Å². The van der Waals surface area contributed by atoms with Crippen LogP contribution in [0.5, 0.6) is 0 Å². The van der Waals surface area contributed by atoms with E-state index in [1.165, 1.54) is 0 Å². The average Bonchev–Trinajstić information content (AvgIpc) is 2.87. The van der Waals surface area contributed by atoms with Crippen molar-refractivity contribution in [3.8, 4) is 0 Å². The van der Waals surface area contributed by atoms with E-state index < -0.39 is 0 Å². The van der Waals surface area contributed by atoms with Crippen molar-refractivity contribution in [3.05, 3.63) is 36.1 Å². The summed E-state index contributed by atoms with van der Waals surface area (Å²) < 4.78 is 11.5. The van der Waals surface area contributed by atoms with Crippen molar-refractivity contribution in [3.63, 3.8) is 0 Å². The first-order valence-corrected chi connectivity index (χ1v) is 7.23. The predicted molar refractivity (Wildman–Crippen MR) is 79.6 cm³/mol. The third-order valence-electron chi connectivity index (χ3n) is 3.98. The fourth-order valence-electron chi connectivity index (χ4n) is 2.75. The number of furan rings is 1. The van der Waals surface area contributed by atoms with Gasteiger partial charge in [0.15, 0.2) is 0 Å². The molecule has 0 amide bonds. The number of ether oxygens (including phenoxy) is 1. The van der Waals surface area contributed by atoms with Crippen molar-refractivity contribution in [2.24, 2.45) is 5.73 Å². The van der Waals surface area contributed by atoms with Gasteiger partial charge in [-0.2, -0.15) is 0 Å². The molecule has 0 aliphatic carbocycles. The van der Waals surface area contributed by atoms with Crippen molar-refractivity contribution >= 4 is 11.0 Å². The van der Waals surface area contributed by atoms with Crippen LogP contribution in [-0.2, 0) is 4.74 Å². The van der Waals surface area contributed by atoms with Gasteiger partial charge in [-0.25, -0.2) is 0 Å². The number of nitrogens with zero attached hydrogens (tertiary/aromatic N) is 1. The highest BCUT2D eigenvalue weighted by Gasteiger charge is 2.26. The minimum absolute atomic E-state index is 0.102. The minimum atomic E-state index is -0.102. The Morgan fingerprint density at radius 3 is 2.95 bits per heavy atom. The highest BCUT2D eigenvalue weighted by atomic mass is 16.5. The van der Waals surface area contributed by atoms with Crippen molar-refractivity contribution in [1.82, 2.24) is 4.90 Å². The summed E-state index contributed by atoms with van der Waals surface area (Å²) in [4.78, 5) is 2.38. The number of hydrogen-bond donors (Lipinski definition) is 1.